The van der Waals surface area contributed by atoms with Crippen LogP contribution >= 0.6 is 12.2 Å². The Labute approximate surface area is 161 Å². The minimum Gasteiger partial charge on any atom is -0.350 e. The topological polar surface area (TPSA) is 70.2 Å². The van der Waals surface area contributed by atoms with E-state index in [1.165, 1.54) is 32.1 Å². The summed E-state index contributed by atoms with van der Waals surface area (Å²) >= 11 is 5.20. The van der Waals surface area contributed by atoms with Crippen LogP contribution in [-0.2, 0) is 4.79 Å². The van der Waals surface area contributed by atoms with Crippen LogP contribution in [0, 0.1) is 5.92 Å². The average Bonchev–Trinajstić information content (AvgIpc) is 2.61. The lowest BCUT2D eigenvalue weighted by Crippen LogP contribution is -2.34. The first-order valence-corrected chi connectivity index (χ1v) is 9.86. The molecule has 2 rings (SSSR count). The molecule has 1 aromatic carbocycles. The highest BCUT2D eigenvalue weighted by molar-refractivity contribution is 7.80. The molecule has 3 N–H and O–H groups in total. The molecule has 2 amide bonds. The van der Waals surface area contributed by atoms with Gasteiger partial charge >= 0.3 is 0 Å². The Balaban J connectivity index is 1.74. The second-order valence-corrected chi connectivity index (χ2v) is 7.66. The molecular weight excluding hydrogens is 346 g/mol. The van der Waals surface area contributed by atoms with E-state index in [1.807, 2.05) is 13.8 Å². The predicted molar refractivity (Wildman–Crippen MR) is 109 cm³/mol. The number of thiocarbonyl (C=S) groups is 1. The Morgan fingerprint density at radius 1 is 1.12 bits per heavy atom. The molecule has 1 aliphatic carbocycles. The van der Waals surface area contributed by atoms with E-state index in [0.29, 0.717) is 17.9 Å². The van der Waals surface area contributed by atoms with Crippen LogP contribution in [0.4, 0.5) is 5.69 Å². The lowest BCUT2D eigenvalue weighted by molar-refractivity contribution is -0.120. The number of hydrogen-bond acceptors (Lipinski definition) is 3. The minimum atomic E-state index is -0.106. The first-order valence-electron chi connectivity index (χ1n) is 9.46. The van der Waals surface area contributed by atoms with Crippen molar-refractivity contribution in [3.8, 4) is 0 Å². The molecule has 0 unspecified atom stereocenters. The third kappa shape index (κ3) is 7.12. The van der Waals surface area contributed by atoms with Crippen molar-refractivity contribution in [2.24, 2.45) is 5.92 Å². The molecule has 1 saturated carbocycles. The number of rotatable bonds is 6. The molecule has 5 nitrogen and oxygen atoms in total. The fraction of sp³-hybridized carbons (Fsp3) is 0.550. The maximum absolute atomic E-state index is 12.0. The molecule has 1 fully saturated rings. The maximum Gasteiger partial charge on any atom is 0.251 e. The molecule has 142 valence electrons. The molecule has 6 heteroatoms. The first-order chi connectivity index (χ1) is 12.4. The van der Waals surface area contributed by atoms with Gasteiger partial charge in [0.25, 0.3) is 5.91 Å². The summed E-state index contributed by atoms with van der Waals surface area (Å²) in [5.74, 6) is 0.534. The Hall–Kier alpha value is -1.95. The van der Waals surface area contributed by atoms with Crippen LogP contribution in [-0.4, -0.2) is 23.0 Å². The van der Waals surface area contributed by atoms with Gasteiger partial charge in [0.15, 0.2) is 5.11 Å². The van der Waals surface area contributed by atoms with Gasteiger partial charge in [0.1, 0.15) is 0 Å². The van der Waals surface area contributed by atoms with E-state index >= 15 is 0 Å². The first kappa shape index (κ1) is 20.4. The molecule has 0 aromatic heterocycles. The van der Waals surface area contributed by atoms with Crippen LogP contribution in [0.25, 0.3) is 0 Å². The second kappa shape index (κ2) is 10.3. The van der Waals surface area contributed by atoms with Gasteiger partial charge in [-0.05, 0) is 62.7 Å². The Morgan fingerprint density at radius 2 is 1.77 bits per heavy atom. The van der Waals surface area contributed by atoms with Gasteiger partial charge in [-0.25, -0.2) is 0 Å². The number of nitrogens with one attached hydrogen (secondary N) is 3. The molecule has 0 saturated heterocycles. The molecule has 1 aromatic rings. The van der Waals surface area contributed by atoms with Crippen molar-refractivity contribution in [3.63, 3.8) is 0 Å². The van der Waals surface area contributed by atoms with Gasteiger partial charge in [-0.1, -0.05) is 32.1 Å². The predicted octanol–water partition coefficient (Wildman–Crippen LogP) is 4.00. The van der Waals surface area contributed by atoms with Gasteiger partial charge in [-0.15, -0.1) is 0 Å². The molecule has 0 spiro atoms. The third-order valence-corrected chi connectivity index (χ3v) is 4.79. The van der Waals surface area contributed by atoms with Gasteiger partial charge in [0.2, 0.25) is 5.91 Å². The van der Waals surface area contributed by atoms with Gasteiger partial charge in [0, 0.05) is 23.7 Å². The average molecular weight is 376 g/mol. The quantitative estimate of drug-likeness (QED) is 0.657. The number of hydrogen-bond donors (Lipinski definition) is 3. The zero-order valence-electron chi connectivity index (χ0n) is 15.6. The van der Waals surface area contributed by atoms with Crippen molar-refractivity contribution in [2.45, 2.75) is 64.8 Å². The van der Waals surface area contributed by atoms with Crippen molar-refractivity contribution >= 4 is 34.8 Å². The van der Waals surface area contributed by atoms with E-state index in [1.54, 1.807) is 24.3 Å². The fourth-order valence-electron chi connectivity index (χ4n) is 3.21. The number of carbonyl (C=O) groups is 2. The van der Waals surface area contributed by atoms with Crippen LogP contribution in [0.5, 0.6) is 0 Å². The molecule has 0 heterocycles. The lowest BCUT2D eigenvalue weighted by Gasteiger charge is -2.21. The third-order valence-electron chi connectivity index (χ3n) is 4.58. The zero-order chi connectivity index (χ0) is 18.9. The van der Waals surface area contributed by atoms with Crippen molar-refractivity contribution in [3.05, 3.63) is 29.8 Å². The number of anilines is 1. The van der Waals surface area contributed by atoms with Crippen LogP contribution in [0.15, 0.2) is 24.3 Å². The fourth-order valence-corrected chi connectivity index (χ4v) is 3.44. The van der Waals surface area contributed by atoms with Crippen LogP contribution in [0.2, 0.25) is 0 Å². The molecule has 0 atom stereocenters. The Bertz CT molecular complexity index is 622. The molecule has 0 radical (unpaired) electrons. The number of benzene rings is 1. The van der Waals surface area contributed by atoms with E-state index in [2.05, 4.69) is 16.0 Å². The van der Waals surface area contributed by atoms with Gasteiger partial charge in [-0.3, -0.25) is 9.59 Å². The summed E-state index contributed by atoms with van der Waals surface area (Å²) in [6.07, 6.45) is 7.85. The summed E-state index contributed by atoms with van der Waals surface area (Å²) in [5.41, 5.74) is 1.33. The van der Waals surface area contributed by atoms with E-state index in [9.17, 15) is 9.59 Å². The van der Waals surface area contributed by atoms with Gasteiger partial charge < -0.3 is 16.0 Å². The summed E-state index contributed by atoms with van der Waals surface area (Å²) in [4.78, 5) is 24.0. The van der Waals surface area contributed by atoms with Gasteiger partial charge in [-0.2, -0.15) is 0 Å². The maximum atomic E-state index is 12.0. The standard InChI is InChI=1S/C20H29N3O2S/c1-14(2)21-19(25)16-9-11-17(12-10-16)22-20(26)23-18(24)13-8-15-6-4-3-5-7-15/h9-12,14-15H,3-8,13H2,1-2H3,(H,21,25)(H2,22,23,24,26). The van der Waals surface area contributed by atoms with E-state index in [4.69, 9.17) is 12.2 Å². The molecule has 26 heavy (non-hydrogen) atoms. The van der Waals surface area contributed by atoms with Gasteiger partial charge in [0.05, 0.1) is 0 Å². The highest BCUT2D eigenvalue weighted by Gasteiger charge is 2.15. The summed E-state index contributed by atoms with van der Waals surface area (Å²) in [7, 11) is 0. The summed E-state index contributed by atoms with van der Waals surface area (Å²) in [6.45, 7) is 3.84. The Morgan fingerprint density at radius 3 is 2.38 bits per heavy atom. The summed E-state index contributed by atoms with van der Waals surface area (Å²) in [6, 6.07) is 7.10. The summed E-state index contributed by atoms with van der Waals surface area (Å²) < 4.78 is 0. The van der Waals surface area contributed by atoms with E-state index in [0.717, 1.165) is 12.1 Å². The highest BCUT2D eigenvalue weighted by atomic mass is 32.1. The van der Waals surface area contributed by atoms with Crippen molar-refractivity contribution < 1.29 is 9.59 Å². The minimum absolute atomic E-state index is 0.0407. The largest absolute Gasteiger partial charge is 0.350 e. The molecular formula is C20H29N3O2S. The van der Waals surface area contributed by atoms with Crippen LogP contribution in [0.1, 0.15) is 69.2 Å². The number of amides is 2. The van der Waals surface area contributed by atoms with Crippen LogP contribution in [0.3, 0.4) is 0 Å². The van der Waals surface area contributed by atoms with Crippen molar-refractivity contribution in [2.75, 3.05) is 5.32 Å². The SMILES string of the molecule is CC(C)NC(=O)c1ccc(NC(=S)NC(=O)CCC2CCCCC2)cc1. The molecule has 0 bridgehead atoms. The monoisotopic (exact) mass is 375 g/mol. The molecule has 1 aliphatic rings. The van der Waals surface area contributed by atoms with E-state index in [-0.39, 0.29) is 23.0 Å². The van der Waals surface area contributed by atoms with Crippen molar-refractivity contribution in [1.82, 2.24) is 10.6 Å². The normalized spacial score (nSPS) is 14.7. The van der Waals surface area contributed by atoms with Crippen LogP contribution < -0.4 is 16.0 Å². The second-order valence-electron chi connectivity index (χ2n) is 7.25. The Kier molecular flexibility index (Phi) is 8.04. The number of carbonyl (C=O) groups excluding carboxylic acids is 2. The summed E-state index contributed by atoms with van der Waals surface area (Å²) in [5, 5.41) is 8.85. The molecule has 0 aliphatic heterocycles. The van der Waals surface area contributed by atoms with E-state index < -0.39 is 0 Å². The smallest absolute Gasteiger partial charge is 0.251 e. The zero-order valence-corrected chi connectivity index (χ0v) is 16.5. The van der Waals surface area contributed by atoms with Crippen molar-refractivity contribution in [1.29, 1.82) is 0 Å². The lowest BCUT2D eigenvalue weighted by atomic mass is 9.86. The highest BCUT2D eigenvalue weighted by Crippen LogP contribution is 2.27.